The maximum absolute atomic E-state index is 11.1. The maximum atomic E-state index is 11.1. The first-order valence-corrected chi connectivity index (χ1v) is 7.97. The van der Waals surface area contributed by atoms with E-state index in [0.29, 0.717) is 12.2 Å². The lowest BCUT2D eigenvalue weighted by atomic mass is 10.2. The second-order valence-corrected chi connectivity index (χ2v) is 6.77. The van der Waals surface area contributed by atoms with Gasteiger partial charge in [0.2, 0.25) is 0 Å². The fourth-order valence-electron chi connectivity index (χ4n) is 1.63. The molecule has 0 heterocycles. The average molecular weight is 252 g/mol. The number of rotatable bonds is 10. The predicted molar refractivity (Wildman–Crippen MR) is 77.1 cm³/mol. The Balaban J connectivity index is 3.60. The highest BCUT2D eigenvalue weighted by Gasteiger charge is 2.06. The zero-order valence-corrected chi connectivity index (χ0v) is 12.3. The van der Waals surface area contributed by atoms with Crippen LogP contribution in [0, 0.1) is 0 Å². The number of carbonyl (C=O) groups is 1. The van der Waals surface area contributed by atoms with E-state index in [0.717, 1.165) is 24.8 Å². The third kappa shape index (κ3) is 8.69. The van der Waals surface area contributed by atoms with Crippen LogP contribution in [-0.2, 0) is 9.53 Å². The SMILES string of the molecule is C=CCC(CC=C)[SiH2]CCCOC(=O)C(=C)C. The van der Waals surface area contributed by atoms with Gasteiger partial charge in [0.1, 0.15) is 0 Å². The van der Waals surface area contributed by atoms with Crippen LogP contribution in [0.15, 0.2) is 37.5 Å². The van der Waals surface area contributed by atoms with Crippen molar-refractivity contribution < 1.29 is 9.53 Å². The molecule has 0 fully saturated rings. The molecule has 96 valence electrons. The highest BCUT2D eigenvalue weighted by atomic mass is 28.2. The fourth-order valence-corrected chi connectivity index (χ4v) is 3.64. The summed E-state index contributed by atoms with van der Waals surface area (Å²) in [5.74, 6) is -0.277. The molecule has 0 spiro atoms. The summed E-state index contributed by atoms with van der Waals surface area (Å²) in [4.78, 5) is 11.1. The molecule has 0 saturated heterocycles. The molecule has 3 heteroatoms. The molecule has 0 rings (SSSR count). The molecule has 0 amide bonds. The molecule has 0 saturated carbocycles. The molecule has 0 N–H and O–H groups in total. The van der Waals surface area contributed by atoms with Gasteiger partial charge < -0.3 is 4.74 Å². The lowest BCUT2D eigenvalue weighted by Gasteiger charge is -2.11. The van der Waals surface area contributed by atoms with Gasteiger partial charge in [-0.25, -0.2) is 4.79 Å². The number of ether oxygens (including phenoxy) is 1. The van der Waals surface area contributed by atoms with E-state index in [4.69, 9.17) is 4.74 Å². The van der Waals surface area contributed by atoms with Crippen LogP contribution in [-0.4, -0.2) is 22.1 Å². The van der Waals surface area contributed by atoms with Crippen molar-refractivity contribution in [3.05, 3.63) is 37.5 Å². The van der Waals surface area contributed by atoms with E-state index in [9.17, 15) is 4.79 Å². The molecule has 0 bridgehead atoms. The van der Waals surface area contributed by atoms with Gasteiger partial charge in [0.05, 0.1) is 6.61 Å². The van der Waals surface area contributed by atoms with Gasteiger partial charge in [-0.15, -0.1) is 13.2 Å². The summed E-state index contributed by atoms with van der Waals surface area (Å²) in [7, 11) is -0.117. The van der Waals surface area contributed by atoms with Crippen molar-refractivity contribution >= 4 is 15.5 Å². The Morgan fingerprint density at radius 3 is 2.41 bits per heavy atom. The summed E-state index contributed by atoms with van der Waals surface area (Å²) >= 11 is 0. The van der Waals surface area contributed by atoms with Gasteiger partial charge >= 0.3 is 5.97 Å². The van der Waals surface area contributed by atoms with Gasteiger partial charge in [0.25, 0.3) is 0 Å². The summed E-state index contributed by atoms with van der Waals surface area (Å²) < 4.78 is 5.05. The maximum Gasteiger partial charge on any atom is 0.333 e. The monoisotopic (exact) mass is 252 g/mol. The third-order valence-corrected chi connectivity index (χ3v) is 4.98. The second-order valence-electron chi connectivity index (χ2n) is 4.33. The minimum absolute atomic E-state index is 0.117. The summed E-state index contributed by atoms with van der Waals surface area (Å²) in [6, 6.07) is 1.20. The van der Waals surface area contributed by atoms with E-state index in [1.807, 2.05) is 12.2 Å². The molecule has 0 unspecified atom stereocenters. The Kier molecular flexibility index (Phi) is 9.44. The molecule has 0 aliphatic carbocycles. The molecular formula is C14H24O2Si. The number of esters is 1. The smallest absolute Gasteiger partial charge is 0.333 e. The Labute approximate surface area is 107 Å². The molecule has 0 atom stereocenters. The molecule has 17 heavy (non-hydrogen) atoms. The van der Waals surface area contributed by atoms with Crippen LogP contribution < -0.4 is 0 Å². The predicted octanol–water partition coefficient (Wildman–Crippen LogP) is 3.02. The summed E-state index contributed by atoms with van der Waals surface area (Å²) in [5, 5.41) is 0. The van der Waals surface area contributed by atoms with Crippen molar-refractivity contribution in [1.82, 2.24) is 0 Å². The number of hydrogen-bond donors (Lipinski definition) is 0. The molecule has 0 aliphatic heterocycles. The van der Waals surface area contributed by atoms with E-state index in [1.165, 1.54) is 6.04 Å². The van der Waals surface area contributed by atoms with Gasteiger partial charge in [-0.05, 0) is 31.7 Å². The van der Waals surface area contributed by atoms with Gasteiger partial charge in [-0.3, -0.25) is 0 Å². The van der Waals surface area contributed by atoms with Gasteiger partial charge in [0, 0.05) is 15.1 Å². The number of hydrogen-bond acceptors (Lipinski definition) is 2. The van der Waals surface area contributed by atoms with E-state index in [1.54, 1.807) is 6.92 Å². The van der Waals surface area contributed by atoms with Crippen LogP contribution in [0.25, 0.3) is 0 Å². The van der Waals surface area contributed by atoms with Crippen molar-refractivity contribution in [2.24, 2.45) is 0 Å². The van der Waals surface area contributed by atoms with E-state index >= 15 is 0 Å². The second kappa shape index (κ2) is 10.1. The fraction of sp³-hybridized carbons (Fsp3) is 0.500. The molecular weight excluding hydrogens is 228 g/mol. The van der Waals surface area contributed by atoms with Gasteiger partial charge in [0.15, 0.2) is 0 Å². The summed E-state index contributed by atoms with van der Waals surface area (Å²) in [6.07, 6.45) is 7.12. The largest absolute Gasteiger partial charge is 0.462 e. The zero-order valence-electron chi connectivity index (χ0n) is 10.9. The van der Waals surface area contributed by atoms with Crippen molar-refractivity contribution in [2.75, 3.05) is 6.61 Å². The Morgan fingerprint density at radius 1 is 1.35 bits per heavy atom. The molecule has 0 aromatic rings. The van der Waals surface area contributed by atoms with E-state index in [-0.39, 0.29) is 15.5 Å². The quantitative estimate of drug-likeness (QED) is 0.196. The third-order valence-electron chi connectivity index (χ3n) is 2.59. The highest BCUT2D eigenvalue weighted by molar-refractivity contribution is 6.37. The zero-order chi connectivity index (χ0) is 13.1. The minimum atomic E-state index is -0.277. The Morgan fingerprint density at radius 2 is 1.94 bits per heavy atom. The minimum Gasteiger partial charge on any atom is -0.462 e. The molecule has 0 radical (unpaired) electrons. The Bertz CT molecular complexity index is 261. The van der Waals surface area contributed by atoms with Crippen molar-refractivity contribution in [2.45, 2.75) is 37.8 Å². The average Bonchev–Trinajstić information content (AvgIpc) is 2.28. The van der Waals surface area contributed by atoms with Crippen LogP contribution in [0.5, 0.6) is 0 Å². The number of carbonyl (C=O) groups excluding carboxylic acids is 1. The first-order chi connectivity index (χ1) is 8.11. The van der Waals surface area contributed by atoms with Gasteiger partial charge in [-0.2, -0.15) is 0 Å². The standard InChI is InChI=1S/C14H24O2Si/c1-5-8-13(9-6-2)17-11-7-10-16-14(15)12(3)4/h5-6,13H,1-3,7-11,17H2,4H3. The Hall–Kier alpha value is -1.09. The van der Waals surface area contributed by atoms with Crippen LogP contribution >= 0.6 is 0 Å². The normalized spacial score (nSPS) is 10.7. The van der Waals surface area contributed by atoms with Crippen molar-refractivity contribution in [3.63, 3.8) is 0 Å². The van der Waals surface area contributed by atoms with E-state index < -0.39 is 0 Å². The van der Waals surface area contributed by atoms with Crippen LogP contribution in [0.2, 0.25) is 11.6 Å². The molecule has 0 aliphatic rings. The molecule has 2 nitrogen and oxygen atoms in total. The van der Waals surface area contributed by atoms with E-state index in [2.05, 4.69) is 19.7 Å². The molecule has 0 aromatic carbocycles. The van der Waals surface area contributed by atoms with Crippen LogP contribution in [0.4, 0.5) is 0 Å². The number of allylic oxidation sites excluding steroid dienone is 2. The lowest BCUT2D eigenvalue weighted by molar-refractivity contribution is -0.138. The first kappa shape index (κ1) is 15.9. The van der Waals surface area contributed by atoms with Gasteiger partial charge in [-0.1, -0.05) is 24.8 Å². The van der Waals surface area contributed by atoms with Crippen LogP contribution in [0.1, 0.15) is 26.2 Å². The highest BCUT2D eigenvalue weighted by Crippen LogP contribution is 2.17. The summed E-state index contributed by atoms with van der Waals surface area (Å²) in [5.41, 5.74) is 1.24. The lowest BCUT2D eigenvalue weighted by Crippen LogP contribution is -2.08. The van der Waals surface area contributed by atoms with Crippen LogP contribution in [0.3, 0.4) is 0 Å². The van der Waals surface area contributed by atoms with Crippen molar-refractivity contribution in [3.8, 4) is 0 Å². The van der Waals surface area contributed by atoms with Crippen molar-refractivity contribution in [1.29, 1.82) is 0 Å². The summed E-state index contributed by atoms with van der Waals surface area (Å²) in [6.45, 7) is 13.3. The first-order valence-electron chi connectivity index (χ1n) is 6.16. The topological polar surface area (TPSA) is 26.3 Å². The molecule has 0 aromatic heterocycles.